The molecule has 2 radical (unpaired) electrons. The first-order chi connectivity index (χ1) is 45.3. The Bertz CT molecular complexity index is 3160. The van der Waals surface area contributed by atoms with E-state index in [0.29, 0.717) is 0 Å². The number of anilines is 6. The molecule has 1 aliphatic carbocycles. The van der Waals surface area contributed by atoms with Gasteiger partial charge in [0.2, 0.25) is 0 Å². The number of nitrogens with zero attached hydrogens (tertiary/aromatic N) is 2. The van der Waals surface area contributed by atoms with E-state index in [-0.39, 0.29) is 23.7 Å². The molecule has 9 rings (SSSR count). The molecule has 1 saturated heterocycles. The highest BCUT2D eigenvalue weighted by atomic mass is 79.9. The van der Waals surface area contributed by atoms with Crippen molar-refractivity contribution >= 4 is 91.9 Å². The van der Waals surface area contributed by atoms with Gasteiger partial charge in [-0.3, -0.25) is 0 Å². The Labute approximate surface area is 595 Å². The Hall–Kier alpha value is -4.93. The number of hydrogen-bond donors (Lipinski definition) is 2. The van der Waals surface area contributed by atoms with Crippen molar-refractivity contribution in [2.24, 2.45) is 0 Å². The fraction of sp³-hybridized carbons (Fsp3) is 0.506. The molecule has 95 heavy (non-hydrogen) atoms. The van der Waals surface area contributed by atoms with Crippen molar-refractivity contribution in [2.75, 3.05) is 9.80 Å². The standard InChI is InChI=1S/C55H62Br2N2.C24H40B2O2.C6H14O2/c1-5-7-9-11-13-15-37-55(38-16-14-12-10-8-6-2)53-39-49(58(45-25-17-41(3)18-26-45)47-29-21-43(56)22-30-47)33-35-51(53)52-36-34-50(40-54(52)55)59(46-27-19-42(4)20-28-46)48-31-23-44(57)24-32-48;1-7-9-11-13-15-19-18-22(26-27-23(3,4)24(5,6)28-26)20(17-21(19)25)16-14-12-10-8-2;1-5(2,7)6(3,4)8/h17-36,39-40H,5-16,37-38H2,1-4H3;17-18H,7-16H2,1-6H3;7-8H,1-4H3. The van der Waals surface area contributed by atoms with Crippen LogP contribution in [0.25, 0.3) is 11.1 Å². The van der Waals surface area contributed by atoms with Gasteiger partial charge in [-0.1, -0.05) is 246 Å². The van der Waals surface area contributed by atoms with Gasteiger partial charge in [-0.05, 0) is 238 Å². The number of fused-ring (bicyclic) bond motifs is 3. The zero-order valence-electron chi connectivity index (χ0n) is 60.8. The first kappa shape index (κ1) is 77.4. The lowest BCUT2D eigenvalue weighted by atomic mass is 9.70. The molecular weight excluding hydrogens is 1290 g/mol. The maximum absolute atomic E-state index is 9.10. The Morgan fingerprint density at radius 1 is 0.411 bits per heavy atom. The number of unbranched alkanes of at least 4 members (excludes halogenated alkanes) is 16. The van der Waals surface area contributed by atoms with Crippen LogP contribution in [0.4, 0.5) is 34.1 Å². The molecule has 0 unspecified atom stereocenters. The molecule has 7 aromatic carbocycles. The van der Waals surface area contributed by atoms with E-state index in [4.69, 9.17) is 27.4 Å². The quantitative estimate of drug-likeness (QED) is 0.0324. The van der Waals surface area contributed by atoms with Crippen molar-refractivity contribution in [3.8, 4) is 11.1 Å². The Morgan fingerprint density at radius 2 is 0.726 bits per heavy atom. The molecule has 0 saturated carbocycles. The largest absolute Gasteiger partial charge is 0.495 e. The second-order valence-electron chi connectivity index (χ2n) is 29.4. The predicted molar refractivity (Wildman–Crippen MR) is 419 cm³/mol. The van der Waals surface area contributed by atoms with Gasteiger partial charge in [0.25, 0.3) is 0 Å². The molecule has 1 aliphatic heterocycles. The summed E-state index contributed by atoms with van der Waals surface area (Å²) >= 11 is 7.41. The Kier molecular flexibility index (Phi) is 29.5. The van der Waals surface area contributed by atoms with Gasteiger partial charge in [0.15, 0.2) is 0 Å². The summed E-state index contributed by atoms with van der Waals surface area (Å²) in [6.07, 6.45) is 29.9. The molecule has 2 aliphatic rings. The highest BCUT2D eigenvalue weighted by molar-refractivity contribution is 9.10. The third-order valence-electron chi connectivity index (χ3n) is 20.5. The highest BCUT2D eigenvalue weighted by Gasteiger charge is 2.52. The topological polar surface area (TPSA) is 65.4 Å². The summed E-state index contributed by atoms with van der Waals surface area (Å²) < 4.78 is 15.0. The van der Waals surface area contributed by atoms with Crippen LogP contribution in [0.1, 0.15) is 258 Å². The van der Waals surface area contributed by atoms with E-state index in [1.807, 2.05) is 0 Å². The van der Waals surface area contributed by atoms with Gasteiger partial charge in [0.05, 0.1) is 22.4 Å². The van der Waals surface area contributed by atoms with Gasteiger partial charge in [-0.25, -0.2) is 0 Å². The van der Waals surface area contributed by atoms with Crippen molar-refractivity contribution in [3.63, 3.8) is 0 Å². The van der Waals surface area contributed by atoms with Crippen LogP contribution in [0.15, 0.2) is 155 Å². The molecule has 0 bridgehead atoms. The lowest BCUT2D eigenvalue weighted by Gasteiger charge is -2.35. The normalized spacial score (nSPS) is 14.4. The maximum atomic E-state index is 9.10. The first-order valence-corrected chi connectivity index (χ1v) is 38.1. The number of halogens is 2. The lowest BCUT2D eigenvalue weighted by molar-refractivity contribution is -0.107. The molecule has 510 valence electrons. The lowest BCUT2D eigenvalue weighted by Crippen LogP contribution is -2.44. The Balaban J connectivity index is 0.000000293. The van der Waals surface area contributed by atoms with Gasteiger partial charge in [-0.15, -0.1) is 0 Å². The van der Waals surface area contributed by atoms with E-state index in [2.05, 4.69) is 256 Å². The molecule has 0 atom stereocenters. The SMILES string of the molecule is CC(C)(O)C(C)(C)O.CCCCCCCCC1(CCCCCCCC)c2cc(N(c3ccc(C)cc3)c3ccc(Br)cc3)ccc2-c2ccc(N(c3ccc(C)cc3)c3ccc(Br)cc3)cc21.[B]c1cc(CCCCCC)c(B2OC(C)(C)C(C)(C)O2)cc1CCCCCC. The smallest absolute Gasteiger partial charge is 0.399 e. The van der Waals surface area contributed by atoms with Crippen LogP contribution in [0.3, 0.4) is 0 Å². The fourth-order valence-electron chi connectivity index (χ4n) is 13.1. The molecule has 2 N–H and O–H groups in total. The minimum absolute atomic E-state index is 0.0937. The van der Waals surface area contributed by atoms with Crippen molar-refractivity contribution in [2.45, 2.75) is 279 Å². The molecule has 0 aromatic heterocycles. The van der Waals surface area contributed by atoms with E-state index in [1.165, 1.54) is 201 Å². The second kappa shape index (κ2) is 36.2. The first-order valence-electron chi connectivity index (χ1n) is 36.5. The minimum Gasteiger partial charge on any atom is -0.399 e. The fourth-order valence-corrected chi connectivity index (χ4v) is 13.7. The predicted octanol–water partition coefficient (Wildman–Crippen LogP) is 24.1. The molecular formula is C85H116B2Br2N2O4. The zero-order valence-corrected chi connectivity index (χ0v) is 64.0. The number of aryl methyl sites for hydroxylation is 4. The average Bonchev–Trinajstić information content (AvgIpc) is 1.57. The van der Waals surface area contributed by atoms with Gasteiger partial charge in [0, 0.05) is 48.5 Å². The summed E-state index contributed by atoms with van der Waals surface area (Å²) in [5.41, 5.74) is 17.4. The number of hydrogen-bond acceptors (Lipinski definition) is 6. The van der Waals surface area contributed by atoms with Gasteiger partial charge in [0.1, 0.15) is 7.85 Å². The summed E-state index contributed by atoms with van der Waals surface area (Å²) in [7, 11) is 6.15. The molecule has 0 amide bonds. The number of rotatable bonds is 32. The summed E-state index contributed by atoms with van der Waals surface area (Å²) in [5.74, 6) is 0. The highest BCUT2D eigenvalue weighted by Crippen LogP contribution is 2.57. The summed E-state index contributed by atoms with van der Waals surface area (Å²) in [5, 5.41) is 18.2. The molecule has 6 nitrogen and oxygen atoms in total. The Morgan fingerprint density at radius 3 is 1.08 bits per heavy atom. The van der Waals surface area contributed by atoms with Crippen LogP contribution in [0, 0.1) is 13.8 Å². The number of benzene rings is 7. The monoisotopic (exact) mass is 1410 g/mol. The summed E-state index contributed by atoms with van der Waals surface area (Å²) in [6.45, 7) is 28.3. The minimum atomic E-state index is -1.01. The summed E-state index contributed by atoms with van der Waals surface area (Å²) in [4.78, 5) is 4.90. The van der Waals surface area contributed by atoms with E-state index < -0.39 is 11.2 Å². The van der Waals surface area contributed by atoms with Gasteiger partial charge in [-0.2, -0.15) is 0 Å². The summed E-state index contributed by atoms with van der Waals surface area (Å²) in [6, 6.07) is 54.9. The molecule has 1 fully saturated rings. The van der Waals surface area contributed by atoms with Crippen molar-refractivity contribution < 1.29 is 19.5 Å². The zero-order chi connectivity index (χ0) is 69.0. The van der Waals surface area contributed by atoms with E-state index in [1.54, 1.807) is 27.7 Å². The van der Waals surface area contributed by atoms with Gasteiger partial charge < -0.3 is 29.3 Å². The number of aliphatic hydroxyl groups is 2. The molecule has 0 spiro atoms. The van der Waals surface area contributed by atoms with E-state index in [9.17, 15) is 0 Å². The molecule has 7 aromatic rings. The molecule has 10 heteroatoms. The van der Waals surface area contributed by atoms with E-state index >= 15 is 0 Å². The van der Waals surface area contributed by atoms with Crippen LogP contribution >= 0.6 is 31.9 Å². The van der Waals surface area contributed by atoms with E-state index in [0.717, 1.165) is 51.5 Å². The second-order valence-corrected chi connectivity index (χ2v) is 31.3. The van der Waals surface area contributed by atoms with Crippen molar-refractivity contribution in [1.29, 1.82) is 0 Å². The van der Waals surface area contributed by atoms with Crippen LogP contribution in [-0.4, -0.2) is 47.6 Å². The third kappa shape index (κ3) is 21.1. The average molecular weight is 1410 g/mol. The van der Waals surface area contributed by atoms with Crippen molar-refractivity contribution in [3.05, 3.63) is 188 Å². The maximum Gasteiger partial charge on any atom is 0.495 e. The van der Waals surface area contributed by atoms with Crippen LogP contribution in [0.5, 0.6) is 0 Å². The van der Waals surface area contributed by atoms with Crippen molar-refractivity contribution in [1.82, 2.24) is 0 Å². The molecule has 1 heterocycles. The van der Waals surface area contributed by atoms with Crippen LogP contribution < -0.4 is 20.7 Å². The third-order valence-corrected chi connectivity index (χ3v) is 21.6. The van der Waals surface area contributed by atoms with Crippen LogP contribution in [-0.2, 0) is 27.6 Å². The van der Waals surface area contributed by atoms with Crippen LogP contribution in [0.2, 0.25) is 0 Å². The van der Waals surface area contributed by atoms with Gasteiger partial charge >= 0.3 is 7.12 Å².